The highest BCUT2D eigenvalue weighted by Gasteiger charge is 2.09. The molecule has 1 amide bonds. The topological polar surface area (TPSA) is 85.1 Å². The van der Waals surface area contributed by atoms with Crippen molar-refractivity contribution in [1.82, 2.24) is 10.3 Å². The predicted octanol–water partition coefficient (Wildman–Crippen LogP) is 3.23. The summed E-state index contributed by atoms with van der Waals surface area (Å²) in [5, 5.41) is 13.5. The second-order valence-corrected chi connectivity index (χ2v) is 4.88. The van der Waals surface area contributed by atoms with Crippen molar-refractivity contribution in [3.05, 3.63) is 67.9 Å². The highest BCUT2D eigenvalue weighted by atomic mass is 35.5. The van der Waals surface area contributed by atoms with Crippen LogP contribution in [-0.2, 0) is 6.54 Å². The lowest BCUT2D eigenvalue weighted by Gasteiger charge is -2.06. The van der Waals surface area contributed by atoms with Crippen molar-refractivity contribution in [1.29, 1.82) is 0 Å². The molecule has 1 aromatic carbocycles. The molecule has 0 aliphatic carbocycles. The molecule has 108 valence electrons. The Labute approximate surface area is 129 Å². The summed E-state index contributed by atoms with van der Waals surface area (Å²) < 4.78 is 0. The average molecular weight is 326 g/mol. The normalized spacial score (nSPS) is 10.2. The van der Waals surface area contributed by atoms with Gasteiger partial charge < -0.3 is 5.32 Å². The standard InChI is InChI=1S/C13H9Cl2N3O3/c14-11-5-9(6-12(15)17-11)13(19)16-7-8-1-3-10(4-2-8)18(20)21/h1-6H,7H2,(H,16,19). The first-order valence-corrected chi connectivity index (χ1v) is 6.56. The first-order chi connectivity index (χ1) is 9.95. The maximum Gasteiger partial charge on any atom is 0.269 e. The second-order valence-electron chi connectivity index (χ2n) is 4.11. The van der Waals surface area contributed by atoms with Gasteiger partial charge in [0, 0.05) is 24.2 Å². The van der Waals surface area contributed by atoms with Crippen molar-refractivity contribution in [3.63, 3.8) is 0 Å². The number of benzene rings is 1. The van der Waals surface area contributed by atoms with Crippen molar-refractivity contribution in [3.8, 4) is 0 Å². The van der Waals surface area contributed by atoms with Gasteiger partial charge in [-0.1, -0.05) is 35.3 Å². The molecular formula is C13H9Cl2N3O3. The number of hydrogen-bond donors (Lipinski definition) is 1. The number of nitro groups is 1. The van der Waals surface area contributed by atoms with Crippen LogP contribution < -0.4 is 5.32 Å². The Bertz CT molecular complexity index is 669. The number of amides is 1. The Balaban J connectivity index is 2.02. The van der Waals surface area contributed by atoms with Gasteiger partial charge in [0.1, 0.15) is 10.3 Å². The number of pyridine rings is 1. The third-order valence-electron chi connectivity index (χ3n) is 2.63. The van der Waals surface area contributed by atoms with Gasteiger partial charge in [0.25, 0.3) is 11.6 Å². The average Bonchev–Trinajstić information content (AvgIpc) is 2.44. The Hall–Kier alpha value is -2.18. The molecule has 8 heteroatoms. The minimum atomic E-state index is -0.483. The maximum atomic E-state index is 11.9. The molecule has 0 saturated heterocycles. The van der Waals surface area contributed by atoms with E-state index in [-0.39, 0.29) is 28.4 Å². The third kappa shape index (κ3) is 4.14. The lowest BCUT2D eigenvalue weighted by Crippen LogP contribution is -2.22. The van der Waals surface area contributed by atoms with Gasteiger partial charge in [0.05, 0.1) is 4.92 Å². The van der Waals surface area contributed by atoms with E-state index in [2.05, 4.69) is 10.3 Å². The van der Waals surface area contributed by atoms with Crippen LogP contribution in [0.4, 0.5) is 5.69 Å². The number of non-ortho nitro benzene ring substituents is 1. The van der Waals surface area contributed by atoms with E-state index in [0.29, 0.717) is 5.56 Å². The fourth-order valence-electron chi connectivity index (χ4n) is 1.62. The Morgan fingerprint density at radius 3 is 2.29 bits per heavy atom. The molecule has 0 unspecified atom stereocenters. The first kappa shape index (κ1) is 15.2. The summed E-state index contributed by atoms with van der Waals surface area (Å²) in [6.07, 6.45) is 0. The molecule has 2 rings (SSSR count). The maximum absolute atomic E-state index is 11.9. The third-order valence-corrected chi connectivity index (χ3v) is 3.01. The largest absolute Gasteiger partial charge is 0.348 e. The van der Waals surface area contributed by atoms with Crippen molar-refractivity contribution >= 4 is 34.8 Å². The number of nitrogens with one attached hydrogen (secondary N) is 1. The zero-order chi connectivity index (χ0) is 15.4. The number of rotatable bonds is 4. The first-order valence-electron chi connectivity index (χ1n) is 5.80. The number of carbonyl (C=O) groups excluding carboxylic acids is 1. The monoisotopic (exact) mass is 325 g/mol. The summed E-state index contributed by atoms with van der Waals surface area (Å²) in [4.78, 5) is 25.7. The molecular weight excluding hydrogens is 317 g/mol. The fraction of sp³-hybridized carbons (Fsp3) is 0.0769. The zero-order valence-electron chi connectivity index (χ0n) is 10.5. The van der Waals surface area contributed by atoms with Crippen LogP contribution in [-0.4, -0.2) is 15.8 Å². The summed E-state index contributed by atoms with van der Waals surface area (Å²) in [5.41, 5.74) is 1.03. The SMILES string of the molecule is O=C(NCc1ccc([N+](=O)[O-])cc1)c1cc(Cl)nc(Cl)c1. The van der Waals surface area contributed by atoms with Crippen molar-refractivity contribution < 1.29 is 9.72 Å². The number of nitro benzene ring substituents is 1. The summed E-state index contributed by atoms with van der Waals surface area (Å²) in [5.74, 6) is -0.362. The van der Waals surface area contributed by atoms with E-state index in [1.54, 1.807) is 12.1 Å². The van der Waals surface area contributed by atoms with Gasteiger partial charge >= 0.3 is 0 Å². The lowest BCUT2D eigenvalue weighted by atomic mass is 10.2. The van der Waals surface area contributed by atoms with Gasteiger partial charge in [-0.15, -0.1) is 0 Å². The van der Waals surface area contributed by atoms with E-state index in [1.807, 2.05) is 0 Å². The minimum absolute atomic E-state index is 0.00206. The molecule has 2 aromatic rings. The number of aromatic nitrogens is 1. The van der Waals surface area contributed by atoms with E-state index < -0.39 is 4.92 Å². The molecule has 21 heavy (non-hydrogen) atoms. The van der Waals surface area contributed by atoms with Crippen LogP contribution >= 0.6 is 23.2 Å². The summed E-state index contributed by atoms with van der Waals surface area (Å²) in [6.45, 7) is 0.231. The van der Waals surface area contributed by atoms with Crippen LogP contribution in [0.25, 0.3) is 0 Å². The van der Waals surface area contributed by atoms with Crippen molar-refractivity contribution in [2.45, 2.75) is 6.54 Å². The van der Waals surface area contributed by atoms with Gasteiger partial charge in [-0.05, 0) is 17.7 Å². The summed E-state index contributed by atoms with van der Waals surface area (Å²) in [6, 6.07) is 8.70. The highest BCUT2D eigenvalue weighted by molar-refractivity contribution is 6.33. The predicted molar refractivity (Wildman–Crippen MR) is 78.5 cm³/mol. The summed E-state index contributed by atoms with van der Waals surface area (Å²) in [7, 11) is 0. The lowest BCUT2D eigenvalue weighted by molar-refractivity contribution is -0.384. The van der Waals surface area contributed by atoms with E-state index >= 15 is 0 Å². The smallest absolute Gasteiger partial charge is 0.269 e. The number of hydrogen-bond acceptors (Lipinski definition) is 4. The molecule has 0 radical (unpaired) electrons. The molecule has 0 aliphatic heterocycles. The van der Waals surface area contributed by atoms with Gasteiger partial charge in [0.15, 0.2) is 0 Å². The van der Waals surface area contributed by atoms with E-state index in [9.17, 15) is 14.9 Å². The van der Waals surface area contributed by atoms with E-state index in [4.69, 9.17) is 23.2 Å². The molecule has 0 aliphatic rings. The van der Waals surface area contributed by atoms with E-state index in [1.165, 1.54) is 24.3 Å². The van der Waals surface area contributed by atoms with Crippen LogP contribution in [0.15, 0.2) is 36.4 Å². The second kappa shape index (κ2) is 6.51. The molecule has 1 aromatic heterocycles. The molecule has 0 spiro atoms. The van der Waals surface area contributed by atoms with Gasteiger partial charge in [-0.25, -0.2) is 4.98 Å². The van der Waals surface area contributed by atoms with Crippen LogP contribution in [0.5, 0.6) is 0 Å². The van der Waals surface area contributed by atoms with Crippen LogP contribution in [0.1, 0.15) is 15.9 Å². The van der Waals surface area contributed by atoms with Gasteiger partial charge in [-0.3, -0.25) is 14.9 Å². The Morgan fingerprint density at radius 2 is 1.76 bits per heavy atom. The van der Waals surface area contributed by atoms with Crippen molar-refractivity contribution in [2.24, 2.45) is 0 Å². The fourth-order valence-corrected chi connectivity index (χ4v) is 2.08. The summed E-state index contributed by atoms with van der Waals surface area (Å²) >= 11 is 11.4. The number of halogens is 2. The molecule has 0 atom stereocenters. The zero-order valence-corrected chi connectivity index (χ0v) is 12.1. The van der Waals surface area contributed by atoms with E-state index in [0.717, 1.165) is 5.56 Å². The molecule has 6 nitrogen and oxygen atoms in total. The Kier molecular flexibility index (Phi) is 4.72. The van der Waals surface area contributed by atoms with Crippen LogP contribution in [0.2, 0.25) is 10.3 Å². The molecule has 1 N–H and O–H groups in total. The minimum Gasteiger partial charge on any atom is -0.348 e. The van der Waals surface area contributed by atoms with Crippen LogP contribution in [0, 0.1) is 10.1 Å². The molecule has 1 heterocycles. The van der Waals surface area contributed by atoms with Gasteiger partial charge in [-0.2, -0.15) is 0 Å². The van der Waals surface area contributed by atoms with Gasteiger partial charge in [0.2, 0.25) is 0 Å². The van der Waals surface area contributed by atoms with Crippen molar-refractivity contribution in [2.75, 3.05) is 0 Å². The molecule has 0 bridgehead atoms. The molecule has 0 saturated carbocycles. The quantitative estimate of drug-likeness (QED) is 0.531. The highest BCUT2D eigenvalue weighted by Crippen LogP contribution is 2.15. The molecule has 0 fully saturated rings. The Morgan fingerprint density at radius 1 is 1.19 bits per heavy atom. The van der Waals surface area contributed by atoms with Crippen LogP contribution in [0.3, 0.4) is 0 Å². The number of nitrogens with zero attached hydrogens (tertiary/aromatic N) is 2. The number of carbonyl (C=O) groups is 1.